The van der Waals surface area contributed by atoms with Gasteiger partial charge in [0.25, 0.3) is 0 Å². The van der Waals surface area contributed by atoms with E-state index in [1.165, 1.54) is 82.0 Å². The van der Waals surface area contributed by atoms with Crippen LogP contribution >= 0.6 is 0 Å². The monoisotopic (exact) mass is 395 g/mol. The maximum absolute atomic E-state index is 13.2. The summed E-state index contributed by atoms with van der Waals surface area (Å²) in [4.78, 5) is 20.4. The lowest BCUT2D eigenvalue weighted by atomic mass is 9.88. The van der Waals surface area contributed by atoms with E-state index in [2.05, 4.69) is 40.7 Å². The number of aromatic nitrogens is 2. The molecule has 0 bridgehead atoms. The minimum atomic E-state index is 0.326. The number of hydrogen-bond donors (Lipinski definition) is 0. The van der Waals surface area contributed by atoms with Crippen LogP contribution in [0.25, 0.3) is 11.0 Å². The van der Waals surface area contributed by atoms with Crippen LogP contribution < -0.4 is 0 Å². The highest BCUT2D eigenvalue weighted by atomic mass is 16.2. The normalized spacial score (nSPS) is 19.3. The smallest absolute Gasteiger partial charge is 0.224 e. The van der Waals surface area contributed by atoms with Crippen LogP contribution in [0.2, 0.25) is 0 Å². The number of aryl methyl sites for hydroxylation is 1. The number of hydrogen-bond acceptors (Lipinski definition) is 2. The molecule has 158 valence electrons. The molecule has 0 radical (unpaired) electrons. The summed E-state index contributed by atoms with van der Waals surface area (Å²) in [7, 11) is 0. The average Bonchev–Trinajstić information content (AvgIpc) is 2.92. The van der Waals surface area contributed by atoms with Crippen LogP contribution in [0.4, 0.5) is 0 Å². The number of imidazole rings is 1. The average molecular weight is 396 g/mol. The number of fused-ring (bicyclic) bond motifs is 1. The molecular formula is C25H37N3O. The first kappa shape index (κ1) is 20.4. The number of rotatable bonds is 6. The van der Waals surface area contributed by atoms with Gasteiger partial charge >= 0.3 is 0 Å². The molecule has 2 saturated carbocycles. The Morgan fingerprint density at radius 1 is 1.00 bits per heavy atom. The number of para-hydroxylation sites is 2. The van der Waals surface area contributed by atoms with Crippen molar-refractivity contribution in [1.82, 2.24) is 14.5 Å². The van der Waals surface area contributed by atoms with Crippen molar-refractivity contribution < 1.29 is 4.79 Å². The van der Waals surface area contributed by atoms with Crippen LogP contribution in [0.5, 0.6) is 0 Å². The van der Waals surface area contributed by atoms with Crippen LogP contribution in [-0.4, -0.2) is 32.9 Å². The van der Waals surface area contributed by atoms with E-state index in [0.29, 0.717) is 24.3 Å². The molecule has 2 aliphatic carbocycles. The molecule has 1 heterocycles. The quantitative estimate of drug-likeness (QED) is 0.559. The predicted molar refractivity (Wildman–Crippen MR) is 119 cm³/mol. The summed E-state index contributed by atoms with van der Waals surface area (Å²) in [5, 5.41) is 0. The lowest BCUT2D eigenvalue weighted by molar-refractivity contribution is -0.133. The van der Waals surface area contributed by atoms with E-state index < -0.39 is 0 Å². The van der Waals surface area contributed by atoms with Gasteiger partial charge in [0.15, 0.2) is 0 Å². The standard InChI is InChI=1S/C25H37N3O/c1-2-27(21-14-8-3-4-9-15-21)24(29)18-19-28-23-17-11-10-16-22(23)26-25(28)20-12-6-5-7-13-20/h10-11,16-17,20-21H,2-9,12-15,18-19H2,1H3. The summed E-state index contributed by atoms with van der Waals surface area (Å²) in [5.74, 6) is 2.10. The number of benzene rings is 1. The van der Waals surface area contributed by atoms with Crippen molar-refractivity contribution in [1.29, 1.82) is 0 Å². The summed E-state index contributed by atoms with van der Waals surface area (Å²) in [6.07, 6.45) is 14.6. The van der Waals surface area contributed by atoms with Crippen LogP contribution in [0.15, 0.2) is 24.3 Å². The molecule has 1 aromatic carbocycles. The molecule has 1 amide bonds. The van der Waals surface area contributed by atoms with Gasteiger partial charge in [-0.05, 0) is 44.7 Å². The molecule has 0 unspecified atom stereocenters. The van der Waals surface area contributed by atoms with E-state index in [1.807, 2.05) is 0 Å². The Balaban J connectivity index is 1.51. The maximum atomic E-state index is 13.2. The fourth-order valence-electron chi connectivity index (χ4n) is 5.56. The second-order valence-electron chi connectivity index (χ2n) is 9.02. The van der Waals surface area contributed by atoms with Crippen LogP contribution in [0.3, 0.4) is 0 Å². The number of carbonyl (C=O) groups excluding carboxylic acids is 1. The molecule has 0 N–H and O–H groups in total. The Kier molecular flexibility index (Phi) is 6.89. The zero-order chi connectivity index (χ0) is 20.1. The Morgan fingerprint density at radius 2 is 1.66 bits per heavy atom. The minimum absolute atomic E-state index is 0.326. The van der Waals surface area contributed by atoms with Crippen LogP contribution in [-0.2, 0) is 11.3 Å². The zero-order valence-corrected chi connectivity index (χ0v) is 18.1. The van der Waals surface area contributed by atoms with Gasteiger partial charge in [-0.2, -0.15) is 0 Å². The summed E-state index contributed by atoms with van der Waals surface area (Å²) < 4.78 is 2.37. The van der Waals surface area contributed by atoms with Crippen LogP contribution in [0.1, 0.15) is 95.7 Å². The van der Waals surface area contributed by atoms with E-state index >= 15 is 0 Å². The molecule has 1 aromatic heterocycles. The molecule has 4 heteroatoms. The first-order valence-electron chi connectivity index (χ1n) is 12.0. The summed E-state index contributed by atoms with van der Waals surface area (Å²) in [6.45, 7) is 3.74. The third-order valence-corrected chi connectivity index (χ3v) is 7.13. The van der Waals surface area contributed by atoms with Crippen molar-refractivity contribution in [2.24, 2.45) is 0 Å². The van der Waals surface area contributed by atoms with E-state index in [9.17, 15) is 4.79 Å². The Labute approximate surface area is 175 Å². The van der Waals surface area contributed by atoms with Gasteiger partial charge in [-0.1, -0.05) is 57.1 Å². The van der Waals surface area contributed by atoms with Gasteiger partial charge in [-0.15, -0.1) is 0 Å². The van der Waals surface area contributed by atoms with Crippen molar-refractivity contribution in [3.63, 3.8) is 0 Å². The number of carbonyl (C=O) groups is 1. The van der Waals surface area contributed by atoms with Gasteiger partial charge in [-0.3, -0.25) is 4.79 Å². The van der Waals surface area contributed by atoms with Gasteiger partial charge < -0.3 is 9.47 Å². The third-order valence-electron chi connectivity index (χ3n) is 7.13. The van der Waals surface area contributed by atoms with Gasteiger partial charge in [0.1, 0.15) is 5.82 Å². The van der Waals surface area contributed by atoms with Gasteiger partial charge in [0.2, 0.25) is 5.91 Å². The minimum Gasteiger partial charge on any atom is -0.340 e. The Morgan fingerprint density at radius 3 is 2.38 bits per heavy atom. The van der Waals surface area contributed by atoms with Crippen molar-refractivity contribution in [2.45, 2.75) is 102 Å². The van der Waals surface area contributed by atoms with Crippen molar-refractivity contribution in [3.8, 4) is 0 Å². The summed E-state index contributed by atoms with van der Waals surface area (Å²) >= 11 is 0. The second-order valence-corrected chi connectivity index (χ2v) is 9.02. The first-order valence-corrected chi connectivity index (χ1v) is 12.0. The molecule has 29 heavy (non-hydrogen) atoms. The third kappa shape index (κ3) is 4.67. The number of nitrogens with zero attached hydrogens (tertiary/aromatic N) is 3. The van der Waals surface area contributed by atoms with E-state index in [4.69, 9.17) is 4.98 Å². The summed E-state index contributed by atoms with van der Waals surface area (Å²) in [5.41, 5.74) is 2.27. The molecule has 0 aliphatic heterocycles. The van der Waals surface area contributed by atoms with Crippen molar-refractivity contribution in [3.05, 3.63) is 30.1 Å². The number of amides is 1. The largest absolute Gasteiger partial charge is 0.340 e. The highest BCUT2D eigenvalue weighted by Gasteiger charge is 2.25. The Hall–Kier alpha value is -1.84. The van der Waals surface area contributed by atoms with Crippen molar-refractivity contribution >= 4 is 16.9 Å². The molecule has 4 rings (SSSR count). The van der Waals surface area contributed by atoms with Gasteiger partial charge in [0.05, 0.1) is 11.0 Å². The molecule has 0 atom stereocenters. The fraction of sp³-hybridized carbons (Fsp3) is 0.680. The molecule has 0 spiro atoms. The molecule has 2 aromatic rings. The highest BCUT2D eigenvalue weighted by molar-refractivity contribution is 5.78. The van der Waals surface area contributed by atoms with Gasteiger partial charge in [0, 0.05) is 31.5 Å². The highest BCUT2D eigenvalue weighted by Crippen LogP contribution is 2.34. The molecular weight excluding hydrogens is 358 g/mol. The van der Waals surface area contributed by atoms with Crippen molar-refractivity contribution in [2.75, 3.05) is 6.54 Å². The Bertz CT molecular complexity index is 798. The maximum Gasteiger partial charge on any atom is 0.224 e. The SMILES string of the molecule is CCN(C(=O)CCn1c(C2CCCCC2)nc2ccccc21)C1CCCCCC1. The van der Waals surface area contributed by atoms with E-state index in [-0.39, 0.29) is 0 Å². The lowest BCUT2D eigenvalue weighted by Gasteiger charge is -2.30. The molecule has 4 nitrogen and oxygen atoms in total. The second kappa shape index (κ2) is 9.77. The topological polar surface area (TPSA) is 38.1 Å². The predicted octanol–water partition coefficient (Wildman–Crippen LogP) is 6.05. The fourth-order valence-corrected chi connectivity index (χ4v) is 5.56. The molecule has 0 saturated heterocycles. The molecule has 2 fully saturated rings. The summed E-state index contributed by atoms with van der Waals surface area (Å²) in [6, 6.07) is 8.90. The van der Waals surface area contributed by atoms with Gasteiger partial charge in [-0.25, -0.2) is 4.98 Å². The first-order chi connectivity index (χ1) is 14.3. The van der Waals surface area contributed by atoms with Crippen LogP contribution in [0, 0.1) is 0 Å². The lowest BCUT2D eigenvalue weighted by Crippen LogP contribution is -2.40. The zero-order valence-electron chi connectivity index (χ0n) is 18.1. The van der Waals surface area contributed by atoms with E-state index in [0.717, 1.165) is 18.6 Å². The van der Waals surface area contributed by atoms with E-state index in [1.54, 1.807) is 0 Å². The molecule has 2 aliphatic rings.